The molecule has 0 saturated carbocycles. The lowest BCUT2D eigenvalue weighted by molar-refractivity contribution is 0.415. The van der Waals surface area contributed by atoms with Crippen molar-refractivity contribution < 1.29 is 4.74 Å². The Morgan fingerprint density at radius 2 is 1.67 bits per heavy atom. The van der Waals surface area contributed by atoms with Gasteiger partial charge in [-0.05, 0) is 72.7 Å². The third kappa shape index (κ3) is 6.63. The van der Waals surface area contributed by atoms with Gasteiger partial charge in [-0.3, -0.25) is 0 Å². The molecule has 0 aromatic heterocycles. The van der Waals surface area contributed by atoms with Gasteiger partial charge in [-0.1, -0.05) is 52.0 Å². The van der Waals surface area contributed by atoms with E-state index < -0.39 is 0 Å². The molecule has 146 valence electrons. The summed E-state index contributed by atoms with van der Waals surface area (Å²) in [5, 5.41) is 3.49. The van der Waals surface area contributed by atoms with E-state index in [0.29, 0.717) is 0 Å². The fourth-order valence-electron chi connectivity index (χ4n) is 3.02. The molecule has 2 rings (SSSR count). The van der Waals surface area contributed by atoms with Gasteiger partial charge >= 0.3 is 0 Å². The third-order valence-corrected chi connectivity index (χ3v) is 4.45. The van der Waals surface area contributed by atoms with Gasteiger partial charge in [0.15, 0.2) is 0 Å². The van der Waals surface area contributed by atoms with Crippen LogP contribution >= 0.6 is 0 Å². The molecule has 0 atom stereocenters. The highest BCUT2D eigenvalue weighted by atomic mass is 16.5. The predicted octanol–water partition coefficient (Wildman–Crippen LogP) is 7.44. The second-order valence-electron chi connectivity index (χ2n) is 6.88. The number of rotatable bonds is 8. The van der Waals surface area contributed by atoms with E-state index in [2.05, 4.69) is 63.0 Å². The van der Waals surface area contributed by atoms with Crippen LogP contribution in [0.25, 0.3) is 0 Å². The quantitative estimate of drug-likeness (QED) is 0.491. The number of anilines is 2. The summed E-state index contributed by atoms with van der Waals surface area (Å²) in [6.07, 6.45) is 8.22. The zero-order valence-electron chi connectivity index (χ0n) is 17.8. The average Bonchev–Trinajstić information content (AvgIpc) is 2.69. The van der Waals surface area contributed by atoms with E-state index in [1.54, 1.807) is 7.11 Å². The topological polar surface area (TPSA) is 21.3 Å². The monoisotopic (exact) mass is 365 g/mol. The molecule has 0 bridgehead atoms. The van der Waals surface area contributed by atoms with Crippen LogP contribution in [0.5, 0.6) is 5.75 Å². The van der Waals surface area contributed by atoms with E-state index in [1.807, 2.05) is 44.2 Å². The number of benzene rings is 2. The molecule has 0 spiro atoms. The van der Waals surface area contributed by atoms with Crippen LogP contribution in [0, 0.1) is 0 Å². The number of hydrogen-bond acceptors (Lipinski definition) is 2. The van der Waals surface area contributed by atoms with Gasteiger partial charge in [-0.15, -0.1) is 6.58 Å². The Hall–Kier alpha value is -2.48. The lowest BCUT2D eigenvalue weighted by Crippen LogP contribution is -2.18. The zero-order valence-corrected chi connectivity index (χ0v) is 17.8. The van der Waals surface area contributed by atoms with Crippen LogP contribution in [0.4, 0.5) is 11.4 Å². The first-order valence-electron chi connectivity index (χ1n) is 9.76. The van der Waals surface area contributed by atoms with Crippen LogP contribution in [0.15, 0.2) is 67.3 Å². The van der Waals surface area contributed by atoms with Crippen molar-refractivity contribution in [1.82, 2.24) is 0 Å². The van der Waals surface area contributed by atoms with E-state index in [9.17, 15) is 0 Å². The number of nitrogens with one attached hydrogen (secondary N) is 1. The standard InChI is InChI=1S/C23H29NO.C2H6/c1-6-8-9-18-10-11-20(17-22(18)23(3,4)16-7-2)24-19-12-14-21(25-5)15-13-19;1-2/h6-8,10-15,17,24H,2,9,16H2,1,3-5H3;1-2H3/b8-6-;. The molecule has 2 heteroatoms. The Bertz CT molecular complexity index is 726. The molecule has 0 saturated heterocycles. The van der Waals surface area contributed by atoms with Crippen LogP contribution in [-0.2, 0) is 11.8 Å². The van der Waals surface area contributed by atoms with Crippen molar-refractivity contribution in [3.8, 4) is 5.75 Å². The largest absolute Gasteiger partial charge is 0.497 e. The second-order valence-corrected chi connectivity index (χ2v) is 6.88. The highest BCUT2D eigenvalue weighted by Crippen LogP contribution is 2.33. The van der Waals surface area contributed by atoms with E-state index in [4.69, 9.17) is 4.74 Å². The average molecular weight is 366 g/mol. The van der Waals surface area contributed by atoms with Gasteiger partial charge in [0.05, 0.1) is 7.11 Å². The van der Waals surface area contributed by atoms with Crippen LogP contribution < -0.4 is 10.1 Å². The van der Waals surface area contributed by atoms with Gasteiger partial charge in [-0.25, -0.2) is 0 Å². The van der Waals surface area contributed by atoms with Crippen LogP contribution in [-0.4, -0.2) is 7.11 Å². The molecular weight excluding hydrogens is 330 g/mol. The molecule has 27 heavy (non-hydrogen) atoms. The fourth-order valence-corrected chi connectivity index (χ4v) is 3.02. The van der Waals surface area contributed by atoms with Crippen LogP contribution in [0.3, 0.4) is 0 Å². The van der Waals surface area contributed by atoms with Gasteiger partial charge in [0.1, 0.15) is 5.75 Å². The maximum atomic E-state index is 5.22. The number of ether oxygens (including phenoxy) is 1. The minimum Gasteiger partial charge on any atom is -0.497 e. The molecule has 0 fully saturated rings. The summed E-state index contributed by atoms with van der Waals surface area (Å²) in [5.74, 6) is 0.861. The summed E-state index contributed by atoms with van der Waals surface area (Å²) in [6, 6.07) is 14.6. The summed E-state index contributed by atoms with van der Waals surface area (Å²) in [6.45, 7) is 14.5. The minimum absolute atomic E-state index is 0.0518. The molecule has 2 aromatic carbocycles. The van der Waals surface area contributed by atoms with Crippen molar-refractivity contribution >= 4 is 11.4 Å². The smallest absolute Gasteiger partial charge is 0.119 e. The number of methoxy groups -OCH3 is 1. The highest BCUT2D eigenvalue weighted by Gasteiger charge is 2.22. The van der Waals surface area contributed by atoms with Crippen molar-refractivity contribution in [2.75, 3.05) is 12.4 Å². The van der Waals surface area contributed by atoms with Crippen molar-refractivity contribution in [2.45, 2.75) is 52.9 Å². The summed E-state index contributed by atoms with van der Waals surface area (Å²) >= 11 is 0. The Morgan fingerprint density at radius 3 is 2.22 bits per heavy atom. The van der Waals surface area contributed by atoms with Crippen molar-refractivity contribution in [3.05, 3.63) is 78.4 Å². The zero-order chi connectivity index (χ0) is 20.3. The van der Waals surface area contributed by atoms with E-state index in [1.165, 1.54) is 11.1 Å². The molecule has 2 aromatic rings. The Morgan fingerprint density at radius 1 is 1.04 bits per heavy atom. The number of allylic oxidation sites excluding steroid dienone is 3. The summed E-state index contributed by atoms with van der Waals surface area (Å²) < 4.78 is 5.22. The molecule has 0 radical (unpaired) electrons. The third-order valence-electron chi connectivity index (χ3n) is 4.45. The minimum atomic E-state index is 0.0518. The molecular formula is C25H35NO. The normalized spacial score (nSPS) is 10.9. The lowest BCUT2D eigenvalue weighted by atomic mass is 9.78. The molecule has 0 aliphatic rings. The van der Waals surface area contributed by atoms with Gasteiger partial charge in [0, 0.05) is 11.4 Å². The molecule has 2 nitrogen and oxygen atoms in total. The Balaban J connectivity index is 0.00000176. The molecule has 0 aliphatic carbocycles. The van der Waals surface area contributed by atoms with Crippen LogP contribution in [0.2, 0.25) is 0 Å². The summed E-state index contributed by atoms with van der Waals surface area (Å²) in [5.41, 5.74) is 4.93. The first-order chi connectivity index (χ1) is 13.0. The summed E-state index contributed by atoms with van der Waals surface area (Å²) in [7, 11) is 1.68. The maximum absolute atomic E-state index is 5.22. The number of hydrogen-bond donors (Lipinski definition) is 1. The van der Waals surface area contributed by atoms with Crippen molar-refractivity contribution in [3.63, 3.8) is 0 Å². The molecule has 0 amide bonds. The van der Waals surface area contributed by atoms with Gasteiger partial charge in [0.25, 0.3) is 0 Å². The second kappa shape index (κ2) is 11.3. The van der Waals surface area contributed by atoms with E-state index in [0.717, 1.165) is 30.0 Å². The first kappa shape index (κ1) is 22.6. The summed E-state index contributed by atoms with van der Waals surface area (Å²) in [4.78, 5) is 0. The Kier molecular flexibility index (Phi) is 9.42. The molecule has 0 aliphatic heterocycles. The Labute approximate surface area is 166 Å². The van der Waals surface area contributed by atoms with E-state index >= 15 is 0 Å². The SMILES string of the molecule is C=CCC(C)(C)c1cc(Nc2ccc(OC)cc2)ccc1C/C=C\C.CC. The maximum Gasteiger partial charge on any atom is 0.119 e. The van der Waals surface area contributed by atoms with E-state index in [-0.39, 0.29) is 5.41 Å². The molecule has 1 N–H and O–H groups in total. The fraction of sp³-hybridized carbons (Fsp3) is 0.360. The first-order valence-corrected chi connectivity index (χ1v) is 9.76. The molecule has 0 unspecified atom stereocenters. The lowest BCUT2D eigenvalue weighted by Gasteiger charge is -2.27. The van der Waals surface area contributed by atoms with Crippen molar-refractivity contribution in [1.29, 1.82) is 0 Å². The van der Waals surface area contributed by atoms with Gasteiger partial charge < -0.3 is 10.1 Å². The highest BCUT2D eigenvalue weighted by molar-refractivity contribution is 5.62. The van der Waals surface area contributed by atoms with Gasteiger partial charge in [-0.2, -0.15) is 0 Å². The predicted molar refractivity (Wildman–Crippen MR) is 120 cm³/mol. The van der Waals surface area contributed by atoms with Crippen LogP contribution in [0.1, 0.15) is 52.2 Å². The van der Waals surface area contributed by atoms with Gasteiger partial charge in [0.2, 0.25) is 0 Å². The van der Waals surface area contributed by atoms with Crippen molar-refractivity contribution in [2.24, 2.45) is 0 Å². The molecule has 0 heterocycles.